The van der Waals surface area contributed by atoms with Crippen LogP contribution in [0, 0.1) is 10.1 Å². The number of nitrogens with one attached hydrogen (secondary N) is 8. The number of thioether (sulfide) groups is 1. The number of rotatable bonds is 25. The fourth-order valence-electron chi connectivity index (χ4n) is 15.9. The highest BCUT2D eigenvalue weighted by atomic mass is 32.2. The van der Waals surface area contributed by atoms with E-state index < -0.39 is 24.5 Å². The molecule has 37 heteroatoms. The van der Waals surface area contributed by atoms with Gasteiger partial charge in [-0.3, -0.25) is 29.0 Å². The molecule has 13 heterocycles. The molecule has 134 heavy (non-hydrogen) atoms. The predicted octanol–water partition coefficient (Wildman–Crippen LogP) is 6.57. The minimum absolute atomic E-state index is 0.105. The zero-order valence-corrected chi connectivity index (χ0v) is 91.0. The van der Waals surface area contributed by atoms with Gasteiger partial charge in [-0.05, 0) is 293 Å². The zero-order chi connectivity index (χ0) is 99.7. The van der Waals surface area contributed by atoms with Crippen LogP contribution in [0.5, 0.6) is 0 Å². The van der Waals surface area contributed by atoms with Crippen molar-refractivity contribution < 1.29 is 27.0 Å². The second-order valence-electron chi connectivity index (χ2n) is 37.8. The van der Waals surface area contributed by atoms with Gasteiger partial charge >= 0.3 is 5.69 Å². The molecule has 1 amide bonds. The standard InChI is InChI=1S/C15H28N4OS.C10H13N5O3.2C8H18N2.C8H16N2.C8H18N2.C7H10N2.C7H16N2.C6H14N2O2S.C6H14N2.C6H13NOS.C6H13N.C2H6/c1-11-18-12-10-21-13(15(12)19-11)6-3-4-7-14(20)17-9-5-8-16-2;1-11-5-2-6-12-7-3-4-8(15(16)17)10-9(7)13-18-14-10;1-9(2)8-4-6-10(3)7-5-8;2*1-8(2)10-6-4-9(3)5-7-10;1-9-5-8-10-6-3-2-4-7-10;1-8-5-7-3-2-4-9-6-7;1-3-9-6-4-8(2)5-7-9;1-7-3-5-8(6-4-7)11(2,9)10;1-7-3-5-8(2)6-4-7;1-7-3-5-9(2,8)6-4-7;1-7-5-3-2-4-6-7;1-2/h12-13,15-16,18-19H,1,3-10H2,2H3,(H,17,20);3-4,11-12H,2,5-6H2,1H3;2*8H,4-7H2,1-3H3;1,4-7H2,2-3H3;9H,2-8H2,1H3;2-4,6,8H,5H2,1H3;3-7H2,1-2H3;3-6H2,1-2H3;3-6H2,1-2H3;2-6H2,1H3;2-6H2,1H3;1-2H3/t12-,13-,15-;;;;;;;;;;;;/m0............/s1. The molecule has 0 unspecified atom stereocenters. The summed E-state index contributed by atoms with van der Waals surface area (Å²) >= 11 is 2.04. The van der Waals surface area contributed by atoms with Crippen molar-refractivity contribution in [1.82, 2.24) is 125 Å². The molecule has 0 bridgehead atoms. The highest BCUT2D eigenvalue weighted by Gasteiger charge is 2.40. The van der Waals surface area contributed by atoms with E-state index in [0.717, 1.165) is 139 Å². The van der Waals surface area contributed by atoms with Crippen LogP contribution in [0.1, 0.15) is 137 Å². The van der Waals surface area contributed by atoms with Gasteiger partial charge < -0.3 is 106 Å². The van der Waals surface area contributed by atoms with Crippen LogP contribution in [-0.2, 0) is 30.9 Å². The molecule has 11 fully saturated rings. The maximum absolute atomic E-state index is 11.7. The van der Waals surface area contributed by atoms with Gasteiger partial charge in [0.15, 0.2) is 5.52 Å². The Morgan fingerprint density at radius 2 is 1.10 bits per heavy atom. The van der Waals surface area contributed by atoms with Gasteiger partial charge in [0.1, 0.15) is 0 Å². The highest BCUT2D eigenvalue weighted by Crippen LogP contribution is 2.34. The van der Waals surface area contributed by atoms with Gasteiger partial charge in [0.25, 0.3) is 0 Å². The molecule has 3 atom stereocenters. The number of amides is 1. The van der Waals surface area contributed by atoms with E-state index in [4.69, 9.17) is 0 Å². The monoisotopic (exact) mass is 1950 g/mol. The number of sulfonamides is 1. The van der Waals surface area contributed by atoms with Crippen LogP contribution in [0.15, 0.2) is 66.0 Å². The molecule has 34 nitrogen and oxygen atoms in total. The summed E-state index contributed by atoms with van der Waals surface area (Å²) in [6, 6.07) is 9.62. The van der Waals surface area contributed by atoms with E-state index in [1.165, 1.54) is 230 Å². The zero-order valence-electron chi connectivity index (χ0n) is 88.5. The van der Waals surface area contributed by atoms with Crippen molar-refractivity contribution in [2.24, 2.45) is 0 Å². The Morgan fingerprint density at radius 1 is 0.612 bits per heavy atom. The molecule has 11 aliphatic rings. The van der Waals surface area contributed by atoms with Crippen molar-refractivity contribution in [3.8, 4) is 0 Å². The lowest BCUT2D eigenvalue weighted by Crippen LogP contribution is -2.47. The molecule has 0 radical (unpaired) electrons. The first-order valence-electron chi connectivity index (χ1n) is 50.4. The highest BCUT2D eigenvalue weighted by molar-refractivity contribution is 8.00. The van der Waals surface area contributed by atoms with Crippen LogP contribution < -0.4 is 42.5 Å². The van der Waals surface area contributed by atoms with E-state index in [1.807, 2.05) is 79.2 Å². The first-order chi connectivity index (χ1) is 64.0. The van der Waals surface area contributed by atoms with E-state index in [0.29, 0.717) is 48.0 Å². The molecular formula is C97H197N27O7S3. The van der Waals surface area contributed by atoms with Crippen LogP contribution in [0.25, 0.3) is 11.0 Å². The number of nitrogens with zero attached hydrogens (tertiary/aromatic N) is 19. The second kappa shape index (κ2) is 74.9. The third-order valence-corrected chi connectivity index (χ3v) is 30.2. The number of anilines is 1. The Kier molecular flexibility index (Phi) is 69.8. The van der Waals surface area contributed by atoms with Crippen molar-refractivity contribution in [2.45, 2.75) is 167 Å². The van der Waals surface area contributed by atoms with Crippen LogP contribution in [0.4, 0.5) is 11.4 Å². The van der Waals surface area contributed by atoms with Gasteiger partial charge in [0.2, 0.25) is 21.4 Å². The molecule has 11 saturated heterocycles. The molecular weight excluding hydrogens is 1750 g/mol. The Labute approximate surface area is 821 Å². The van der Waals surface area contributed by atoms with Crippen molar-refractivity contribution in [1.29, 1.82) is 0 Å². The number of likely N-dealkylation sites (tertiary alicyclic amines) is 3. The average molecular weight is 1950 g/mol. The van der Waals surface area contributed by atoms with Crippen molar-refractivity contribution >= 4 is 65.5 Å². The maximum atomic E-state index is 11.7. The number of unbranched alkanes of at least 4 members (excludes halogenated alkanes) is 1. The summed E-state index contributed by atoms with van der Waals surface area (Å²) in [4.78, 5) is 59.1. The molecule has 14 rings (SSSR count). The number of nitro benzene ring substituents is 1. The third-order valence-electron chi connectivity index (χ3n) is 25.5. The van der Waals surface area contributed by atoms with E-state index >= 15 is 0 Å². The SMILES string of the molecule is C=C(C)N1CCN(C)CC1.C=C1N[C@H]2[C@H](CS[C@H]2CCCCC(=O)NCCCNC)N1.C=S1(=O)CCN(C)CC1.CC.CC(C)N1CCN(C)CC1.CCN1CCN(C)CC1.CN1CCC(N(C)C)CC1.CN1CCCCC1.CN1CCN(C)CC1.CN1CCN(S(C)(=O)=O)CC1.CNCCCNc1ccc([N+](=O)[O-])c2nonc12.CNCCN1CCCCC1.CNCc1cccnc1. The topological polar surface area (TPSA) is 308 Å². The summed E-state index contributed by atoms with van der Waals surface area (Å²) in [5.41, 5.74) is 3.56. The van der Waals surface area contributed by atoms with E-state index in [-0.39, 0.29) is 17.1 Å². The number of non-ortho nitro benzene ring substituents is 1. The normalized spacial score (nSPS) is 21.5. The average Bonchev–Trinajstić information content (AvgIpc) is 1.67. The Hall–Kier alpha value is -5.08. The summed E-state index contributed by atoms with van der Waals surface area (Å²) in [6.45, 7) is 60.7. The first-order valence-corrected chi connectivity index (χ1v) is 55.4. The predicted molar refractivity (Wildman–Crippen MR) is 572 cm³/mol. The molecule has 0 spiro atoms. The number of aromatic nitrogens is 3. The number of hydrogen-bond donors (Lipinski definition) is 8. The number of hydrogen-bond acceptors (Lipinski definition) is 32. The lowest BCUT2D eigenvalue weighted by Gasteiger charge is -2.34. The van der Waals surface area contributed by atoms with Crippen LogP contribution >= 0.6 is 11.8 Å². The number of likely N-dealkylation sites (N-methyl/N-ethyl adjacent to an activating group) is 8. The van der Waals surface area contributed by atoms with Gasteiger partial charge in [-0.1, -0.05) is 59.3 Å². The molecule has 0 aliphatic carbocycles. The first kappa shape index (κ1) is 125. The van der Waals surface area contributed by atoms with E-state index in [9.17, 15) is 27.5 Å². The Bertz CT molecular complexity index is 3590. The lowest BCUT2D eigenvalue weighted by atomic mass is 10.0. The third kappa shape index (κ3) is 58.9. The molecule has 3 aromatic rings. The number of carbonyl (C=O) groups excluding carboxylic acids is 1. The van der Waals surface area contributed by atoms with Gasteiger partial charge in [0, 0.05) is 242 Å². The number of carbonyl (C=O) groups is 1. The number of allylic oxidation sites excluding steroid dienone is 1. The summed E-state index contributed by atoms with van der Waals surface area (Å²) < 4.78 is 39.3. The molecule has 8 N–H and O–H groups in total. The summed E-state index contributed by atoms with van der Waals surface area (Å²) in [5.74, 6) is 7.55. The summed E-state index contributed by atoms with van der Waals surface area (Å²) in [6.07, 6.45) is 22.0. The minimum atomic E-state index is -2.94. The number of fused-ring (bicyclic) bond motifs is 2. The quantitative estimate of drug-likeness (QED) is 0.0192. The fourth-order valence-corrected chi connectivity index (χ4v) is 19.8. The Balaban J connectivity index is 0.000000501. The Morgan fingerprint density at radius 3 is 1.56 bits per heavy atom. The molecule has 1 aromatic carbocycles. The number of benzene rings is 1. The number of pyridine rings is 1. The maximum Gasteiger partial charge on any atom is 0.300 e. The molecule has 0 saturated carbocycles. The lowest BCUT2D eigenvalue weighted by molar-refractivity contribution is -0.383. The molecule has 780 valence electrons. The van der Waals surface area contributed by atoms with Crippen molar-refractivity contribution in [3.05, 3.63) is 77.0 Å². The fraction of sp³-hybridized carbons (Fsp3) is 0.825. The second-order valence-corrected chi connectivity index (χ2v) is 43.8. The summed E-state index contributed by atoms with van der Waals surface area (Å²) in [7, 11) is 26.8. The van der Waals surface area contributed by atoms with E-state index in [2.05, 4.69) is 248 Å². The number of nitro groups is 1. The van der Waals surface area contributed by atoms with Crippen LogP contribution in [0.2, 0.25) is 0 Å². The van der Waals surface area contributed by atoms with Gasteiger partial charge in [-0.15, -0.1) is 0 Å². The van der Waals surface area contributed by atoms with Gasteiger partial charge in [0.05, 0.1) is 34.8 Å². The minimum Gasteiger partial charge on any atom is -0.383 e. The van der Waals surface area contributed by atoms with Crippen molar-refractivity contribution in [3.63, 3.8) is 0 Å². The van der Waals surface area contributed by atoms with Crippen molar-refractivity contribution in [2.75, 3.05) is 364 Å². The number of piperazine rings is 5. The van der Waals surface area contributed by atoms with Gasteiger partial charge in [-0.2, -0.15) is 16.1 Å². The number of piperidine rings is 3. The molecule has 2 aromatic heterocycles. The van der Waals surface area contributed by atoms with Crippen LogP contribution in [-0.4, -0.2) is 505 Å². The largest absolute Gasteiger partial charge is 0.383 e. The van der Waals surface area contributed by atoms with E-state index in [1.54, 1.807) is 12.3 Å². The molecule has 11 aliphatic heterocycles. The van der Waals surface area contributed by atoms with Gasteiger partial charge in [-0.25, -0.2) is 13.0 Å². The van der Waals surface area contributed by atoms with Crippen LogP contribution in [0.3, 0.4) is 0 Å². The summed E-state index contributed by atoms with van der Waals surface area (Å²) in [5, 5.41) is 44.0. The smallest absolute Gasteiger partial charge is 0.300 e.